The van der Waals surface area contributed by atoms with Crippen LogP contribution in [0.1, 0.15) is 44.6 Å². The zero-order valence-electron chi connectivity index (χ0n) is 16.9. The fourth-order valence-electron chi connectivity index (χ4n) is 4.72. The summed E-state index contributed by atoms with van der Waals surface area (Å²) in [5.74, 6) is 1.23. The van der Waals surface area contributed by atoms with Crippen molar-refractivity contribution >= 4 is 33.3 Å². The number of anilines is 1. The van der Waals surface area contributed by atoms with Crippen molar-refractivity contribution in [3.05, 3.63) is 63.8 Å². The van der Waals surface area contributed by atoms with Crippen molar-refractivity contribution in [1.29, 1.82) is 0 Å². The van der Waals surface area contributed by atoms with Gasteiger partial charge in [0.05, 0.1) is 0 Å². The number of ketones is 1. The lowest BCUT2D eigenvalue weighted by Crippen LogP contribution is -2.43. The number of allylic oxidation sites excluding steroid dienone is 2. The van der Waals surface area contributed by atoms with Crippen LogP contribution < -0.4 is 14.4 Å². The average Bonchev–Trinajstić information content (AvgIpc) is 3.15. The van der Waals surface area contributed by atoms with Gasteiger partial charge in [0.15, 0.2) is 17.3 Å². The minimum absolute atomic E-state index is 0.00393. The van der Waals surface area contributed by atoms with Crippen LogP contribution >= 0.6 is 15.9 Å². The predicted octanol–water partition coefficient (Wildman–Crippen LogP) is 5.34. The third kappa shape index (κ3) is 3.23. The molecule has 1 atom stereocenters. The van der Waals surface area contributed by atoms with Crippen molar-refractivity contribution in [3.63, 3.8) is 0 Å². The second-order valence-corrected chi connectivity index (χ2v) is 9.79. The molecule has 0 bridgehead atoms. The molecule has 154 valence electrons. The lowest BCUT2D eigenvalue weighted by atomic mass is 9.69. The molecule has 5 rings (SSSR count). The Morgan fingerprint density at radius 3 is 2.50 bits per heavy atom. The van der Waals surface area contributed by atoms with Crippen molar-refractivity contribution in [1.82, 2.24) is 0 Å². The number of halogens is 1. The van der Waals surface area contributed by atoms with Crippen LogP contribution in [0.5, 0.6) is 11.5 Å². The Kier molecular flexibility index (Phi) is 4.51. The van der Waals surface area contributed by atoms with Gasteiger partial charge in [0.2, 0.25) is 12.7 Å². The number of amides is 1. The lowest BCUT2D eigenvalue weighted by molar-refractivity contribution is -0.121. The molecule has 0 fully saturated rings. The van der Waals surface area contributed by atoms with Crippen LogP contribution in [0.4, 0.5) is 5.69 Å². The molecule has 2 heterocycles. The summed E-state index contributed by atoms with van der Waals surface area (Å²) in [6.07, 6.45) is 1.41. The van der Waals surface area contributed by atoms with Crippen LogP contribution in [0.3, 0.4) is 0 Å². The molecule has 3 aliphatic rings. The molecular formula is C24H22BrNO4. The van der Waals surface area contributed by atoms with Crippen molar-refractivity contribution < 1.29 is 19.1 Å². The van der Waals surface area contributed by atoms with Crippen molar-refractivity contribution in [2.75, 3.05) is 11.7 Å². The van der Waals surface area contributed by atoms with Crippen LogP contribution in [0.25, 0.3) is 0 Å². The van der Waals surface area contributed by atoms with Crippen LogP contribution in [-0.2, 0) is 9.59 Å². The van der Waals surface area contributed by atoms with E-state index in [0.717, 1.165) is 27.0 Å². The van der Waals surface area contributed by atoms with Crippen LogP contribution in [-0.4, -0.2) is 18.5 Å². The first-order chi connectivity index (χ1) is 14.3. The molecule has 2 aliphatic heterocycles. The fourth-order valence-corrected chi connectivity index (χ4v) is 4.98. The number of fused-ring (bicyclic) bond motifs is 1. The summed E-state index contributed by atoms with van der Waals surface area (Å²) in [7, 11) is 0. The van der Waals surface area contributed by atoms with E-state index in [1.165, 1.54) is 0 Å². The third-order valence-electron chi connectivity index (χ3n) is 6.03. The first-order valence-electron chi connectivity index (χ1n) is 10.1. The molecule has 2 aromatic carbocycles. The Hall–Kier alpha value is -2.60. The van der Waals surface area contributed by atoms with Gasteiger partial charge in [-0.2, -0.15) is 0 Å². The van der Waals surface area contributed by atoms with Gasteiger partial charge >= 0.3 is 0 Å². The van der Waals surface area contributed by atoms with Crippen LogP contribution in [0.15, 0.2) is 58.2 Å². The zero-order chi connectivity index (χ0) is 21.0. The van der Waals surface area contributed by atoms with Gasteiger partial charge in [-0.3, -0.25) is 14.5 Å². The van der Waals surface area contributed by atoms with Gasteiger partial charge in [-0.15, -0.1) is 0 Å². The zero-order valence-corrected chi connectivity index (χ0v) is 18.5. The van der Waals surface area contributed by atoms with E-state index >= 15 is 0 Å². The van der Waals surface area contributed by atoms with Crippen LogP contribution in [0.2, 0.25) is 0 Å². The van der Waals surface area contributed by atoms with E-state index in [1.54, 1.807) is 4.90 Å². The Bertz CT molecular complexity index is 1090. The number of rotatable bonds is 2. The maximum absolute atomic E-state index is 13.4. The van der Waals surface area contributed by atoms with Gasteiger partial charge in [-0.05, 0) is 53.8 Å². The van der Waals surface area contributed by atoms with Crippen molar-refractivity contribution in [2.45, 2.75) is 39.0 Å². The first kappa shape index (κ1) is 19.4. The van der Waals surface area contributed by atoms with Crippen molar-refractivity contribution in [2.24, 2.45) is 5.41 Å². The molecule has 0 N–H and O–H groups in total. The highest BCUT2D eigenvalue weighted by Gasteiger charge is 2.44. The highest BCUT2D eigenvalue weighted by atomic mass is 79.9. The minimum Gasteiger partial charge on any atom is -0.454 e. The number of nitrogens with zero attached hydrogens (tertiary/aromatic N) is 1. The molecule has 0 aromatic heterocycles. The van der Waals surface area contributed by atoms with E-state index in [4.69, 9.17) is 9.47 Å². The minimum atomic E-state index is -0.266. The number of Topliss-reactive ketones (excluding diaryl/α,β-unsaturated/α-hetero) is 1. The van der Waals surface area contributed by atoms with Crippen molar-refractivity contribution in [3.8, 4) is 11.5 Å². The van der Waals surface area contributed by atoms with Gasteiger partial charge in [-0.25, -0.2) is 0 Å². The molecule has 1 amide bonds. The maximum Gasteiger partial charge on any atom is 0.232 e. The Morgan fingerprint density at radius 1 is 1.00 bits per heavy atom. The normalized spacial score (nSPS) is 22.4. The highest BCUT2D eigenvalue weighted by molar-refractivity contribution is 9.10. The quantitative estimate of drug-likeness (QED) is 0.597. The number of hydrogen-bond donors (Lipinski definition) is 0. The lowest BCUT2D eigenvalue weighted by Gasteiger charge is -2.43. The predicted molar refractivity (Wildman–Crippen MR) is 117 cm³/mol. The fraction of sp³-hybridized carbons (Fsp3) is 0.333. The van der Waals surface area contributed by atoms with Gasteiger partial charge in [0, 0.05) is 40.2 Å². The maximum atomic E-state index is 13.4. The highest BCUT2D eigenvalue weighted by Crippen LogP contribution is 2.49. The number of carbonyl (C=O) groups is 2. The largest absolute Gasteiger partial charge is 0.454 e. The van der Waals surface area contributed by atoms with E-state index in [0.29, 0.717) is 24.3 Å². The summed E-state index contributed by atoms with van der Waals surface area (Å²) in [4.78, 5) is 28.5. The number of ether oxygens (including phenoxy) is 2. The molecule has 1 aliphatic carbocycles. The first-order valence-corrected chi connectivity index (χ1v) is 10.9. The molecule has 2 aromatic rings. The molecule has 0 spiro atoms. The summed E-state index contributed by atoms with van der Waals surface area (Å²) < 4.78 is 11.9. The topological polar surface area (TPSA) is 55.8 Å². The van der Waals surface area contributed by atoms with Gasteiger partial charge in [0.25, 0.3) is 0 Å². The Balaban J connectivity index is 1.65. The second-order valence-electron chi connectivity index (χ2n) is 8.88. The van der Waals surface area contributed by atoms with Crippen LogP contribution in [0, 0.1) is 5.41 Å². The van der Waals surface area contributed by atoms with E-state index in [-0.39, 0.29) is 36.2 Å². The second kappa shape index (κ2) is 6.98. The summed E-state index contributed by atoms with van der Waals surface area (Å²) in [5.41, 5.74) is 3.11. The van der Waals surface area contributed by atoms with E-state index < -0.39 is 0 Å². The van der Waals surface area contributed by atoms with E-state index in [2.05, 4.69) is 29.8 Å². The van der Waals surface area contributed by atoms with Gasteiger partial charge in [0.1, 0.15) is 0 Å². The molecule has 30 heavy (non-hydrogen) atoms. The molecular weight excluding hydrogens is 446 g/mol. The summed E-state index contributed by atoms with van der Waals surface area (Å²) >= 11 is 3.45. The molecule has 0 radical (unpaired) electrons. The smallest absolute Gasteiger partial charge is 0.232 e. The Morgan fingerprint density at radius 2 is 1.73 bits per heavy atom. The monoisotopic (exact) mass is 467 g/mol. The van der Waals surface area contributed by atoms with E-state index in [9.17, 15) is 9.59 Å². The average molecular weight is 468 g/mol. The number of carbonyl (C=O) groups excluding carboxylic acids is 2. The molecule has 1 unspecified atom stereocenters. The standard InChI is InChI=1S/C24H22BrNO4/c1-24(2)11-18-23(19(27)12-24)17(14-3-8-20-21(9-14)30-13-29-20)10-22(28)26(18)16-6-4-15(25)5-7-16/h3-9,17H,10-13H2,1-2H3. The van der Waals surface area contributed by atoms with E-state index in [1.807, 2.05) is 42.5 Å². The number of hydrogen-bond acceptors (Lipinski definition) is 4. The molecule has 0 saturated carbocycles. The van der Waals surface area contributed by atoms with Gasteiger partial charge < -0.3 is 9.47 Å². The summed E-state index contributed by atoms with van der Waals surface area (Å²) in [6, 6.07) is 13.4. The third-order valence-corrected chi connectivity index (χ3v) is 6.56. The summed E-state index contributed by atoms with van der Waals surface area (Å²) in [5, 5.41) is 0. The molecule has 6 heteroatoms. The molecule has 5 nitrogen and oxygen atoms in total. The molecule has 0 saturated heterocycles. The summed E-state index contributed by atoms with van der Waals surface area (Å²) in [6.45, 7) is 4.37. The SMILES string of the molecule is CC1(C)CC(=O)C2=C(C1)N(c1ccc(Br)cc1)C(=O)CC2c1ccc2c(c1)OCO2. The van der Waals surface area contributed by atoms with Gasteiger partial charge in [-0.1, -0.05) is 35.8 Å². The number of benzene rings is 2. The Labute approximate surface area is 183 Å².